The number of rotatable bonds is 7. The van der Waals surface area contributed by atoms with E-state index in [1.165, 1.54) is 27.2 Å². The average Bonchev–Trinajstić information content (AvgIpc) is 2.78. The summed E-state index contributed by atoms with van der Waals surface area (Å²) in [6.07, 6.45) is -1.84. The first-order valence-corrected chi connectivity index (χ1v) is 7.63. The molecule has 1 amide bonds. The fraction of sp³-hybridized carbons (Fsp3) is 0.692. The van der Waals surface area contributed by atoms with Crippen molar-refractivity contribution in [2.45, 2.75) is 43.2 Å². The summed E-state index contributed by atoms with van der Waals surface area (Å²) < 4.78 is 21.0. The molecule has 9 nitrogen and oxygen atoms in total. The molecule has 23 heavy (non-hydrogen) atoms. The van der Waals surface area contributed by atoms with Crippen molar-refractivity contribution >= 4 is 40.0 Å². The third-order valence-corrected chi connectivity index (χ3v) is 3.63. The van der Waals surface area contributed by atoms with Crippen molar-refractivity contribution in [3.8, 4) is 0 Å². The normalized spacial score (nSPS) is 28.5. The van der Waals surface area contributed by atoms with Gasteiger partial charge in [0.15, 0.2) is 12.3 Å². The van der Waals surface area contributed by atoms with Crippen LogP contribution in [0.5, 0.6) is 0 Å². The third kappa shape index (κ3) is 5.88. The lowest BCUT2D eigenvalue weighted by Crippen LogP contribution is -2.39. The van der Waals surface area contributed by atoms with Crippen LogP contribution >= 0.6 is 15.9 Å². The molecule has 10 heteroatoms. The Morgan fingerprint density at radius 2 is 1.96 bits per heavy atom. The van der Waals surface area contributed by atoms with Crippen LogP contribution in [0.1, 0.15) is 13.8 Å². The summed E-state index contributed by atoms with van der Waals surface area (Å²) in [5, 5.41) is 0. The summed E-state index contributed by atoms with van der Waals surface area (Å²) in [6, 6.07) is 0. The molecule has 0 aliphatic carbocycles. The van der Waals surface area contributed by atoms with Gasteiger partial charge >= 0.3 is 11.9 Å². The number of amides is 1. The van der Waals surface area contributed by atoms with Crippen LogP contribution in [0.15, 0.2) is 4.99 Å². The number of esters is 2. The van der Waals surface area contributed by atoms with Gasteiger partial charge in [-0.05, 0) is 0 Å². The van der Waals surface area contributed by atoms with Gasteiger partial charge in [0, 0.05) is 27.2 Å². The molecule has 2 N–H and O–H groups in total. The van der Waals surface area contributed by atoms with E-state index in [1.54, 1.807) is 0 Å². The molecule has 1 fully saturated rings. The summed E-state index contributed by atoms with van der Waals surface area (Å²) in [6.45, 7) is 2.38. The van der Waals surface area contributed by atoms with Crippen molar-refractivity contribution in [2.24, 2.45) is 10.7 Å². The van der Waals surface area contributed by atoms with Crippen LogP contribution in [-0.4, -0.2) is 67.1 Å². The number of alkyl halides is 1. The largest absolute Gasteiger partial charge is 0.463 e. The number of hydrogen-bond donors (Lipinski definition) is 1. The minimum absolute atomic E-state index is 0.118. The van der Waals surface area contributed by atoms with E-state index in [9.17, 15) is 14.4 Å². The topological polar surface area (TPSA) is 127 Å². The second-order valence-electron chi connectivity index (χ2n) is 4.74. The molecule has 0 aromatic heterocycles. The highest BCUT2D eigenvalue weighted by molar-refractivity contribution is 9.10. The summed E-state index contributed by atoms with van der Waals surface area (Å²) >= 11 is 3.04. The number of halogens is 1. The van der Waals surface area contributed by atoms with Crippen molar-refractivity contribution in [1.82, 2.24) is 0 Å². The smallest absolute Gasteiger partial charge is 0.303 e. The number of primary amides is 1. The maximum atomic E-state index is 11.3. The number of nitrogens with zero attached hydrogens (tertiary/aromatic N) is 1. The minimum atomic E-state index is -0.843. The lowest BCUT2D eigenvalue weighted by atomic mass is 10.1. The monoisotopic (exact) mass is 394 g/mol. The van der Waals surface area contributed by atoms with E-state index in [0.717, 1.165) is 0 Å². The number of carbonyl (C=O) groups is 3. The number of methoxy groups -OCH3 is 1. The van der Waals surface area contributed by atoms with Crippen molar-refractivity contribution in [2.75, 3.05) is 13.7 Å². The Labute approximate surface area is 141 Å². The predicted molar refractivity (Wildman–Crippen MR) is 82.0 cm³/mol. The molecule has 0 aromatic rings. The molecule has 5 unspecified atom stereocenters. The fourth-order valence-electron chi connectivity index (χ4n) is 1.98. The van der Waals surface area contributed by atoms with E-state index in [1.807, 2.05) is 0 Å². The Bertz CT molecular complexity index is 485. The highest BCUT2D eigenvalue weighted by Gasteiger charge is 2.47. The molecule has 0 bridgehead atoms. The van der Waals surface area contributed by atoms with Gasteiger partial charge in [-0.3, -0.25) is 19.4 Å². The van der Waals surface area contributed by atoms with Crippen molar-refractivity contribution in [1.29, 1.82) is 0 Å². The average molecular weight is 395 g/mol. The van der Waals surface area contributed by atoms with E-state index in [4.69, 9.17) is 24.7 Å². The number of ether oxygens (including phenoxy) is 4. The van der Waals surface area contributed by atoms with Crippen LogP contribution in [0.25, 0.3) is 0 Å². The number of nitrogens with two attached hydrogens (primary N) is 1. The zero-order valence-electron chi connectivity index (χ0n) is 12.9. The van der Waals surface area contributed by atoms with Crippen molar-refractivity contribution in [3.63, 3.8) is 0 Å². The quantitative estimate of drug-likeness (QED) is 0.351. The number of carbonyl (C=O) groups excluding carboxylic acids is 3. The number of aliphatic imine (C=N–C) groups is 1. The first kappa shape index (κ1) is 19.5. The van der Waals surface area contributed by atoms with E-state index < -0.39 is 47.2 Å². The van der Waals surface area contributed by atoms with Crippen LogP contribution < -0.4 is 5.73 Å². The second kappa shape index (κ2) is 8.94. The zero-order valence-corrected chi connectivity index (χ0v) is 14.5. The van der Waals surface area contributed by atoms with Gasteiger partial charge in [-0.25, -0.2) is 0 Å². The van der Waals surface area contributed by atoms with Crippen LogP contribution in [0.3, 0.4) is 0 Å². The molecular formula is C13H19BrN2O7. The van der Waals surface area contributed by atoms with Crippen LogP contribution in [0.2, 0.25) is 0 Å². The summed E-state index contributed by atoms with van der Waals surface area (Å²) in [5.74, 6) is -1.65. The molecule has 0 saturated carbocycles. The maximum Gasteiger partial charge on any atom is 0.303 e. The summed E-state index contributed by atoms with van der Waals surface area (Å²) in [4.78, 5) is 36.5. The van der Waals surface area contributed by atoms with Crippen molar-refractivity contribution in [3.05, 3.63) is 0 Å². The first-order chi connectivity index (χ1) is 10.8. The van der Waals surface area contributed by atoms with Gasteiger partial charge in [0.1, 0.15) is 23.6 Å². The Kier molecular flexibility index (Phi) is 7.59. The summed E-state index contributed by atoms with van der Waals surface area (Å²) in [5.41, 5.74) is 5.11. The first-order valence-electron chi connectivity index (χ1n) is 6.71. The third-order valence-electron chi connectivity index (χ3n) is 2.95. The lowest BCUT2D eigenvalue weighted by molar-refractivity contribution is -0.157. The molecule has 1 aliphatic rings. The van der Waals surface area contributed by atoms with Crippen molar-refractivity contribution < 1.29 is 33.3 Å². The molecule has 1 saturated heterocycles. The molecule has 0 aromatic carbocycles. The highest BCUT2D eigenvalue weighted by atomic mass is 79.9. The Balaban J connectivity index is 2.88. The van der Waals surface area contributed by atoms with Gasteiger partial charge < -0.3 is 24.7 Å². The van der Waals surface area contributed by atoms with Crippen LogP contribution in [-0.2, 0) is 33.3 Å². The molecule has 0 radical (unpaired) electrons. The van der Waals surface area contributed by atoms with E-state index >= 15 is 0 Å². The van der Waals surface area contributed by atoms with Gasteiger partial charge in [0.25, 0.3) is 0 Å². The molecule has 1 aliphatic heterocycles. The SMILES string of the molecule is COC1C(N=CC(Br)C(N)=O)OC(COC(C)=O)C1OC(C)=O. The Hall–Kier alpha value is -1.52. The number of hydrogen-bond acceptors (Lipinski definition) is 8. The van der Waals surface area contributed by atoms with Gasteiger partial charge in [0.2, 0.25) is 5.91 Å². The zero-order chi connectivity index (χ0) is 17.6. The molecule has 1 heterocycles. The summed E-state index contributed by atoms with van der Waals surface area (Å²) in [7, 11) is 1.40. The van der Waals surface area contributed by atoms with Gasteiger partial charge in [-0.2, -0.15) is 0 Å². The minimum Gasteiger partial charge on any atom is -0.463 e. The van der Waals surface area contributed by atoms with E-state index in [-0.39, 0.29) is 6.61 Å². The van der Waals surface area contributed by atoms with E-state index in [2.05, 4.69) is 20.9 Å². The van der Waals surface area contributed by atoms with Gasteiger partial charge in [-0.15, -0.1) is 0 Å². The Morgan fingerprint density at radius 1 is 1.30 bits per heavy atom. The maximum absolute atomic E-state index is 11.3. The van der Waals surface area contributed by atoms with Gasteiger partial charge in [0.05, 0.1) is 0 Å². The molecule has 0 spiro atoms. The standard InChI is InChI=1S/C13H19BrN2O7/c1-6(17)21-5-9-10(22-7(2)18)11(20-3)13(23-9)16-4-8(14)12(15)19/h4,8-11,13H,5H2,1-3H3,(H2,15,19). The van der Waals surface area contributed by atoms with Crippen LogP contribution in [0.4, 0.5) is 0 Å². The lowest BCUT2D eigenvalue weighted by Gasteiger charge is -2.21. The fourth-order valence-corrected chi connectivity index (χ4v) is 2.12. The molecule has 5 atom stereocenters. The molecule has 130 valence electrons. The van der Waals surface area contributed by atoms with Crippen LogP contribution in [0, 0.1) is 0 Å². The Morgan fingerprint density at radius 3 is 2.43 bits per heavy atom. The van der Waals surface area contributed by atoms with E-state index in [0.29, 0.717) is 0 Å². The predicted octanol–water partition coefficient (Wildman–Crippen LogP) is -0.459. The highest BCUT2D eigenvalue weighted by Crippen LogP contribution is 2.27. The molecular weight excluding hydrogens is 376 g/mol. The van der Waals surface area contributed by atoms with Gasteiger partial charge in [-0.1, -0.05) is 15.9 Å². The molecule has 1 rings (SSSR count). The second-order valence-corrected chi connectivity index (χ2v) is 5.73.